The van der Waals surface area contributed by atoms with E-state index >= 15 is 0 Å². The van der Waals surface area contributed by atoms with Gasteiger partial charge in [0.25, 0.3) is 0 Å². The lowest BCUT2D eigenvalue weighted by Crippen LogP contribution is -2.25. The Hall–Kier alpha value is -1.46. The lowest BCUT2D eigenvalue weighted by atomic mass is 10.2. The summed E-state index contributed by atoms with van der Waals surface area (Å²) in [6.07, 6.45) is 3.39. The minimum atomic E-state index is -0.00606. The van der Waals surface area contributed by atoms with E-state index in [1.54, 1.807) is 12.4 Å². The van der Waals surface area contributed by atoms with E-state index in [2.05, 4.69) is 15.3 Å². The fourth-order valence-electron chi connectivity index (χ4n) is 1.50. The second-order valence-corrected chi connectivity index (χ2v) is 5.29. The molecule has 0 bridgehead atoms. The molecule has 19 heavy (non-hydrogen) atoms. The third-order valence-corrected chi connectivity index (χ3v) is 3.81. The van der Waals surface area contributed by atoms with Crippen LogP contribution in [0.3, 0.4) is 0 Å². The van der Waals surface area contributed by atoms with Crippen LogP contribution in [0.25, 0.3) is 0 Å². The lowest BCUT2D eigenvalue weighted by molar-refractivity contribution is -0.118. The summed E-state index contributed by atoms with van der Waals surface area (Å²) in [5.74, 6) is 1.89. The summed E-state index contributed by atoms with van der Waals surface area (Å²) >= 11 is 7.58. The van der Waals surface area contributed by atoms with Gasteiger partial charge in [0.05, 0.1) is 12.3 Å². The molecule has 1 amide bonds. The average molecular weight is 296 g/mol. The number of carbonyl (C=O) groups is 1. The highest BCUT2D eigenvalue weighted by molar-refractivity contribution is 7.99. The molecule has 0 aliphatic heterocycles. The molecule has 0 unspecified atom stereocenters. The van der Waals surface area contributed by atoms with Gasteiger partial charge in [0.2, 0.25) is 5.91 Å². The maximum atomic E-state index is 11.6. The molecule has 0 atom stereocenters. The van der Waals surface area contributed by atoms with Crippen molar-refractivity contribution in [2.75, 3.05) is 5.75 Å². The molecule has 0 aliphatic carbocycles. The van der Waals surface area contributed by atoms with Crippen molar-refractivity contribution in [2.45, 2.75) is 12.3 Å². The van der Waals surface area contributed by atoms with Crippen LogP contribution in [-0.2, 0) is 17.1 Å². The number of benzene rings is 1. The first-order chi connectivity index (χ1) is 9.25. The van der Waals surface area contributed by atoms with Crippen LogP contribution in [0.2, 0.25) is 5.02 Å². The molecular weight excluding hydrogens is 282 g/mol. The van der Waals surface area contributed by atoms with Gasteiger partial charge < -0.3 is 10.3 Å². The Bertz CT molecular complexity index is 530. The van der Waals surface area contributed by atoms with Gasteiger partial charge in [0.1, 0.15) is 5.82 Å². The van der Waals surface area contributed by atoms with Crippen molar-refractivity contribution in [3.8, 4) is 0 Å². The van der Waals surface area contributed by atoms with Crippen molar-refractivity contribution in [3.63, 3.8) is 0 Å². The molecule has 1 aromatic carbocycles. The molecule has 6 heteroatoms. The Balaban J connectivity index is 1.68. The topological polar surface area (TPSA) is 57.8 Å². The van der Waals surface area contributed by atoms with E-state index in [1.165, 1.54) is 11.8 Å². The van der Waals surface area contributed by atoms with Crippen LogP contribution < -0.4 is 5.32 Å². The molecule has 0 aliphatic rings. The molecule has 100 valence electrons. The second-order valence-electron chi connectivity index (χ2n) is 3.90. The highest BCUT2D eigenvalue weighted by Crippen LogP contribution is 2.20. The standard InChI is InChI=1S/C13H14ClN3OS/c14-11-4-2-1-3-10(11)8-19-9-13(18)17-7-12-15-5-6-16-12/h1-6H,7-9H2,(H,15,16)(H,17,18). The number of hydrogen-bond acceptors (Lipinski definition) is 3. The molecule has 2 rings (SSSR count). The first kappa shape index (κ1) is 14.0. The van der Waals surface area contributed by atoms with E-state index in [-0.39, 0.29) is 5.91 Å². The number of H-pyrrole nitrogens is 1. The van der Waals surface area contributed by atoms with E-state index in [4.69, 9.17) is 11.6 Å². The number of imidazole rings is 1. The van der Waals surface area contributed by atoms with Crippen LogP contribution in [-0.4, -0.2) is 21.6 Å². The Morgan fingerprint density at radius 3 is 3.00 bits per heavy atom. The number of aromatic amines is 1. The maximum absolute atomic E-state index is 11.6. The van der Waals surface area contributed by atoms with Gasteiger partial charge in [-0.3, -0.25) is 4.79 Å². The number of nitrogens with zero attached hydrogens (tertiary/aromatic N) is 1. The summed E-state index contributed by atoms with van der Waals surface area (Å²) in [6, 6.07) is 7.66. The highest BCUT2D eigenvalue weighted by Gasteiger charge is 2.04. The number of rotatable bonds is 6. The van der Waals surface area contributed by atoms with Crippen LogP contribution in [0, 0.1) is 0 Å². The van der Waals surface area contributed by atoms with Gasteiger partial charge in [-0.1, -0.05) is 29.8 Å². The first-order valence-electron chi connectivity index (χ1n) is 5.82. The summed E-state index contributed by atoms with van der Waals surface area (Å²) in [4.78, 5) is 18.6. The first-order valence-corrected chi connectivity index (χ1v) is 7.35. The monoisotopic (exact) mass is 295 g/mol. The minimum Gasteiger partial charge on any atom is -0.348 e. The van der Waals surface area contributed by atoms with E-state index in [0.29, 0.717) is 12.3 Å². The smallest absolute Gasteiger partial charge is 0.230 e. The van der Waals surface area contributed by atoms with Crippen molar-refractivity contribution in [1.82, 2.24) is 15.3 Å². The van der Waals surface area contributed by atoms with Gasteiger partial charge in [-0.05, 0) is 11.6 Å². The highest BCUT2D eigenvalue weighted by atomic mass is 35.5. The van der Waals surface area contributed by atoms with E-state index in [1.807, 2.05) is 24.3 Å². The number of thioether (sulfide) groups is 1. The zero-order valence-electron chi connectivity index (χ0n) is 10.2. The predicted octanol–water partition coefficient (Wildman–Crippen LogP) is 2.61. The lowest BCUT2D eigenvalue weighted by Gasteiger charge is -2.05. The van der Waals surface area contributed by atoms with Gasteiger partial charge >= 0.3 is 0 Å². The normalized spacial score (nSPS) is 10.4. The van der Waals surface area contributed by atoms with Gasteiger partial charge in [0, 0.05) is 23.2 Å². The fraction of sp³-hybridized carbons (Fsp3) is 0.231. The third-order valence-electron chi connectivity index (χ3n) is 2.46. The zero-order chi connectivity index (χ0) is 13.5. The molecule has 2 aromatic rings. The van der Waals surface area contributed by atoms with Crippen LogP contribution in [0.15, 0.2) is 36.7 Å². The van der Waals surface area contributed by atoms with E-state index < -0.39 is 0 Å². The third kappa shape index (κ3) is 4.61. The summed E-state index contributed by atoms with van der Waals surface area (Å²) < 4.78 is 0. The molecule has 0 saturated carbocycles. The summed E-state index contributed by atoms with van der Waals surface area (Å²) in [5, 5.41) is 3.54. The number of nitrogens with one attached hydrogen (secondary N) is 2. The largest absolute Gasteiger partial charge is 0.348 e. The molecule has 0 fully saturated rings. The summed E-state index contributed by atoms with van der Waals surface area (Å²) in [6.45, 7) is 0.429. The Morgan fingerprint density at radius 1 is 1.42 bits per heavy atom. The predicted molar refractivity (Wildman–Crippen MR) is 78.0 cm³/mol. The van der Waals surface area contributed by atoms with Gasteiger partial charge in [-0.2, -0.15) is 0 Å². The number of aromatic nitrogens is 2. The van der Waals surface area contributed by atoms with Crippen LogP contribution in [0.4, 0.5) is 0 Å². The average Bonchev–Trinajstić information content (AvgIpc) is 2.92. The molecule has 1 aromatic heterocycles. The van der Waals surface area contributed by atoms with Crippen LogP contribution in [0.1, 0.15) is 11.4 Å². The van der Waals surface area contributed by atoms with Crippen molar-refractivity contribution < 1.29 is 4.79 Å². The van der Waals surface area contributed by atoms with Gasteiger partial charge in [-0.25, -0.2) is 4.98 Å². The molecule has 2 N–H and O–H groups in total. The number of amides is 1. The Morgan fingerprint density at radius 2 is 2.26 bits per heavy atom. The molecule has 0 radical (unpaired) electrons. The summed E-state index contributed by atoms with van der Waals surface area (Å²) in [5.41, 5.74) is 1.05. The van der Waals surface area contributed by atoms with Crippen molar-refractivity contribution in [3.05, 3.63) is 53.1 Å². The Labute approximate surface area is 121 Å². The SMILES string of the molecule is O=C(CSCc1ccccc1Cl)NCc1ncc[nH]1. The van der Waals surface area contributed by atoms with Crippen LogP contribution in [0.5, 0.6) is 0 Å². The maximum Gasteiger partial charge on any atom is 0.230 e. The molecule has 4 nitrogen and oxygen atoms in total. The van der Waals surface area contributed by atoms with Crippen LogP contribution >= 0.6 is 23.4 Å². The van der Waals surface area contributed by atoms with Gasteiger partial charge in [-0.15, -0.1) is 11.8 Å². The van der Waals surface area contributed by atoms with Crippen molar-refractivity contribution in [2.24, 2.45) is 0 Å². The van der Waals surface area contributed by atoms with E-state index in [9.17, 15) is 4.79 Å². The van der Waals surface area contributed by atoms with Crippen molar-refractivity contribution in [1.29, 1.82) is 0 Å². The van der Waals surface area contributed by atoms with E-state index in [0.717, 1.165) is 22.2 Å². The number of carbonyl (C=O) groups excluding carboxylic acids is 1. The van der Waals surface area contributed by atoms with Gasteiger partial charge in [0.15, 0.2) is 0 Å². The molecular formula is C13H14ClN3OS. The summed E-state index contributed by atoms with van der Waals surface area (Å²) in [7, 11) is 0. The second kappa shape index (κ2) is 7.21. The zero-order valence-corrected chi connectivity index (χ0v) is 11.8. The number of hydrogen-bond donors (Lipinski definition) is 2. The quantitative estimate of drug-likeness (QED) is 0.861. The minimum absolute atomic E-state index is 0.00606. The molecule has 1 heterocycles. The number of halogens is 1. The fourth-order valence-corrected chi connectivity index (χ4v) is 2.64. The Kier molecular flexibility index (Phi) is 5.30. The van der Waals surface area contributed by atoms with Crippen molar-refractivity contribution >= 4 is 29.3 Å². The molecule has 0 saturated heterocycles. The molecule has 0 spiro atoms.